The molecule has 0 aliphatic carbocycles. The van der Waals surface area contributed by atoms with E-state index in [1.54, 1.807) is 30.3 Å². The average Bonchev–Trinajstić information content (AvgIpc) is 2.28. The molecule has 0 unspecified atom stereocenters. The molecule has 0 saturated heterocycles. The van der Waals surface area contributed by atoms with E-state index in [0.717, 1.165) is 6.07 Å². The summed E-state index contributed by atoms with van der Waals surface area (Å²) in [6, 6.07) is 9.72. The van der Waals surface area contributed by atoms with Crippen LogP contribution in [0.1, 0.15) is 17.3 Å². The Morgan fingerprint density at radius 2 is 1.61 bits per heavy atom. The lowest BCUT2D eigenvalue weighted by Crippen LogP contribution is -1.95. The van der Waals surface area contributed by atoms with Crippen LogP contribution in [-0.4, -0.2) is 21.1 Å². The lowest BCUT2D eigenvalue weighted by Gasteiger charge is -2.12. The van der Waals surface area contributed by atoms with Gasteiger partial charge in [0.15, 0.2) is 5.78 Å². The molecule has 0 atom stereocenters. The van der Waals surface area contributed by atoms with Gasteiger partial charge in [-0.2, -0.15) is 0 Å². The molecule has 0 radical (unpaired) electrons. The minimum atomic E-state index is -0.470. The van der Waals surface area contributed by atoms with Gasteiger partial charge in [0.25, 0.3) is 0 Å². The molecule has 2 rings (SSSR count). The largest absolute Gasteiger partial charge is 0.507 e. The highest BCUT2D eigenvalue weighted by Crippen LogP contribution is 2.43. The first-order valence-corrected chi connectivity index (χ1v) is 5.36. The highest BCUT2D eigenvalue weighted by Gasteiger charge is 2.21. The van der Waals surface area contributed by atoms with Crippen LogP contribution in [0.15, 0.2) is 36.4 Å². The molecule has 2 aromatic carbocycles. The summed E-state index contributed by atoms with van der Waals surface area (Å²) >= 11 is 0. The van der Waals surface area contributed by atoms with Gasteiger partial charge >= 0.3 is 0 Å². The Morgan fingerprint density at radius 1 is 1.00 bits per heavy atom. The fourth-order valence-electron chi connectivity index (χ4n) is 1.88. The van der Waals surface area contributed by atoms with Crippen molar-refractivity contribution in [3.05, 3.63) is 42.0 Å². The van der Waals surface area contributed by atoms with E-state index in [2.05, 4.69) is 0 Å². The van der Waals surface area contributed by atoms with Gasteiger partial charge in [-0.15, -0.1) is 0 Å². The third-order valence-corrected chi connectivity index (χ3v) is 2.67. The number of carbonyl (C=O) groups excluding carboxylic acids is 1. The van der Waals surface area contributed by atoms with Crippen molar-refractivity contribution < 1.29 is 20.1 Å². The van der Waals surface area contributed by atoms with Crippen LogP contribution in [0.25, 0.3) is 11.1 Å². The summed E-state index contributed by atoms with van der Waals surface area (Å²) in [6.45, 7) is 1.24. The van der Waals surface area contributed by atoms with E-state index in [1.807, 2.05) is 0 Å². The molecule has 0 bridgehead atoms. The zero-order valence-electron chi connectivity index (χ0n) is 9.71. The Labute approximate surface area is 104 Å². The van der Waals surface area contributed by atoms with E-state index < -0.39 is 17.3 Å². The van der Waals surface area contributed by atoms with Crippen molar-refractivity contribution in [2.24, 2.45) is 0 Å². The number of ketones is 1. The number of hydrogen-bond acceptors (Lipinski definition) is 4. The van der Waals surface area contributed by atoms with E-state index in [1.165, 1.54) is 6.92 Å². The fraction of sp³-hybridized carbons (Fsp3) is 0.0714. The van der Waals surface area contributed by atoms with Crippen molar-refractivity contribution in [3.63, 3.8) is 0 Å². The molecule has 92 valence electrons. The van der Waals surface area contributed by atoms with Crippen LogP contribution >= 0.6 is 0 Å². The van der Waals surface area contributed by atoms with Crippen molar-refractivity contribution in [2.45, 2.75) is 6.92 Å². The molecule has 18 heavy (non-hydrogen) atoms. The van der Waals surface area contributed by atoms with Gasteiger partial charge in [-0.1, -0.05) is 30.3 Å². The molecule has 0 amide bonds. The predicted molar refractivity (Wildman–Crippen MR) is 66.9 cm³/mol. The second-order valence-electron chi connectivity index (χ2n) is 3.94. The highest BCUT2D eigenvalue weighted by molar-refractivity contribution is 6.02. The van der Waals surface area contributed by atoms with E-state index >= 15 is 0 Å². The van der Waals surface area contributed by atoms with E-state index in [-0.39, 0.29) is 16.9 Å². The lowest BCUT2D eigenvalue weighted by atomic mass is 9.98. The first-order valence-electron chi connectivity index (χ1n) is 5.36. The van der Waals surface area contributed by atoms with E-state index in [0.29, 0.717) is 5.56 Å². The maximum Gasteiger partial charge on any atom is 0.167 e. The van der Waals surface area contributed by atoms with Gasteiger partial charge in [0, 0.05) is 6.07 Å². The van der Waals surface area contributed by atoms with Gasteiger partial charge in [-0.05, 0) is 12.5 Å². The highest BCUT2D eigenvalue weighted by atomic mass is 16.3. The molecule has 4 heteroatoms. The van der Waals surface area contributed by atoms with Gasteiger partial charge in [-0.25, -0.2) is 0 Å². The summed E-state index contributed by atoms with van der Waals surface area (Å²) in [5.41, 5.74) is 0.514. The van der Waals surface area contributed by atoms with Gasteiger partial charge in [-0.3, -0.25) is 4.79 Å². The number of Topliss-reactive ketones (excluding diaryl/α,β-unsaturated/α-hetero) is 1. The normalized spacial score (nSPS) is 10.3. The second-order valence-corrected chi connectivity index (χ2v) is 3.94. The number of rotatable bonds is 2. The summed E-state index contributed by atoms with van der Waals surface area (Å²) in [7, 11) is 0. The third kappa shape index (κ3) is 1.88. The number of phenols is 3. The Morgan fingerprint density at radius 3 is 2.17 bits per heavy atom. The quantitative estimate of drug-likeness (QED) is 0.710. The van der Waals surface area contributed by atoms with E-state index in [4.69, 9.17) is 0 Å². The van der Waals surface area contributed by atoms with Crippen molar-refractivity contribution >= 4 is 5.78 Å². The molecule has 0 fully saturated rings. The third-order valence-electron chi connectivity index (χ3n) is 2.67. The Kier molecular flexibility index (Phi) is 2.93. The second kappa shape index (κ2) is 4.41. The lowest BCUT2D eigenvalue weighted by molar-refractivity contribution is 0.101. The van der Waals surface area contributed by atoms with Gasteiger partial charge in [0.2, 0.25) is 0 Å². The van der Waals surface area contributed by atoms with Crippen molar-refractivity contribution in [3.8, 4) is 28.4 Å². The van der Waals surface area contributed by atoms with Crippen LogP contribution in [0.3, 0.4) is 0 Å². The number of phenolic OH excluding ortho intramolecular Hbond substituents is 3. The first kappa shape index (κ1) is 12.0. The maximum absolute atomic E-state index is 11.4. The average molecular weight is 244 g/mol. The summed E-state index contributed by atoms with van der Waals surface area (Å²) in [6.07, 6.45) is 0. The van der Waals surface area contributed by atoms with Crippen molar-refractivity contribution in [1.82, 2.24) is 0 Å². The molecule has 4 nitrogen and oxygen atoms in total. The zero-order valence-corrected chi connectivity index (χ0v) is 9.71. The van der Waals surface area contributed by atoms with Gasteiger partial charge < -0.3 is 15.3 Å². The fourth-order valence-corrected chi connectivity index (χ4v) is 1.88. The first-order chi connectivity index (χ1) is 8.52. The van der Waals surface area contributed by atoms with Crippen LogP contribution in [0.4, 0.5) is 0 Å². The van der Waals surface area contributed by atoms with Gasteiger partial charge in [0.1, 0.15) is 22.8 Å². The molecule has 3 N–H and O–H groups in total. The molecular weight excluding hydrogens is 232 g/mol. The summed E-state index contributed by atoms with van der Waals surface area (Å²) in [5.74, 6) is -1.59. The molecule has 0 heterocycles. The topological polar surface area (TPSA) is 77.8 Å². The zero-order chi connectivity index (χ0) is 13.3. The monoisotopic (exact) mass is 244 g/mol. The number of aromatic hydroxyl groups is 3. The Hall–Kier alpha value is -2.49. The predicted octanol–water partition coefficient (Wildman–Crippen LogP) is 2.67. The molecule has 0 spiro atoms. The number of hydrogen-bond donors (Lipinski definition) is 3. The minimum absolute atomic E-state index is 0.138. The smallest absolute Gasteiger partial charge is 0.167 e. The molecule has 0 aromatic heterocycles. The maximum atomic E-state index is 11.4. The van der Waals surface area contributed by atoms with Crippen LogP contribution in [0, 0.1) is 0 Å². The van der Waals surface area contributed by atoms with Crippen LogP contribution in [-0.2, 0) is 0 Å². The van der Waals surface area contributed by atoms with E-state index in [9.17, 15) is 20.1 Å². The summed E-state index contributed by atoms with van der Waals surface area (Å²) in [5, 5.41) is 29.4. The molecule has 0 aliphatic heterocycles. The summed E-state index contributed by atoms with van der Waals surface area (Å²) in [4.78, 5) is 11.4. The Bertz CT molecular complexity index is 603. The van der Waals surface area contributed by atoms with Crippen LogP contribution < -0.4 is 0 Å². The van der Waals surface area contributed by atoms with Crippen LogP contribution in [0.2, 0.25) is 0 Å². The van der Waals surface area contributed by atoms with Crippen molar-refractivity contribution in [1.29, 1.82) is 0 Å². The molecule has 0 aliphatic rings. The minimum Gasteiger partial charge on any atom is -0.507 e. The van der Waals surface area contributed by atoms with Gasteiger partial charge in [0.05, 0.1) is 5.56 Å². The standard InChI is InChI=1S/C14H12O4/c1-8(15)12-10(16)7-11(17)13(14(12)18)9-5-3-2-4-6-9/h2-7,16-18H,1H3. The number of carbonyl (C=O) groups is 1. The Balaban J connectivity index is 2.76. The number of benzene rings is 2. The molecule has 2 aromatic rings. The summed E-state index contributed by atoms with van der Waals surface area (Å²) < 4.78 is 0. The molecular formula is C14H12O4. The molecule has 0 saturated carbocycles. The van der Waals surface area contributed by atoms with Crippen LogP contribution in [0.5, 0.6) is 17.2 Å². The van der Waals surface area contributed by atoms with Crippen molar-refractivity contribution in [2.75, 3.05) is 0 Å². The SMILES string of the molecule is CC(=O)c1c(O)cc(O)c(-c2ccccc2)c1O.